The molecular formula is C7H8FNO2. The van der Waals surface area contributed by atoms with E-state index >= 15 is 0 Å². The SMILES string of the molecule is COc1cc(O)c(N)c(F)c1. The maximum Gasteiger partial charge on any atom is 0.153 e. The van der Waals surface area contributed by atoms with Crippen LogP contribution in [0.3, 0.4) is 0 Å². The lowest BCUT2D eigenvalue weighted by Gasteiger charge is -2.03. The smallest absolute Gasteiger partial charge is 0.153 e. The average molecular weight is 157 g/mol. The normalized spacial score (nSPS) is 9.64. The van der Waals surface area contributed by atoms with Gasteiger partial charge >= 0.3 is 0 Å². The molecule has 0 atom stereocenters. The maximum absolute atomic E-state index is 12.7. The van der Waals surface area contributed by atoms with Gasteiger partial charge in [0.15, 0.2) is 5.82 Å². The van der Waals surface area contributed by atoms with Crippen molar-refractivity contribution in [3.8, 4) is 11.5 Å². The molecule has 4 heteroatoms. The van der Waals surface area contributed by atoms with Gasteiger partial charge in [-0.1, -0.05) is 0 Å². The van der Waals surface area contributed by atoms with E-state index in [9.17, 15) is 4.39 Å². The predicted molar refractivity (Wildman–Crippen MR) is 39.0 cm³/mol. The molecule has 0 spiro atoms. The van der Waals surface area contributed by atoms with Crippen molar-refractivity contribution in [3.05, 3.63) is 17.9 Å². The highest BCUT2D eigenvalue weighted by Crippen LogP contribution is 2.28. The molecule has 0 saturated carbocycles. The van der Waals surface area contributed by atoms with Crippen molar-refractivity contribution in [1.29, 1.82) is 0 Å². The van der Waals surface area contributed by atoms with Crippen LogP contribution in [-0.2, 0) is 0 Å². The first-order chi connectivity index (χ1) is 5.15. The van der Waals surface area contributed by atoms with Crippen LogP contribution in [0.4, 0.5) is 10.1 Å². The number of anilines is 1. The number of halogens is 1. The van der Waals surface area contributed by atoms with Crippen molar-refractivity contribution in [2.24, 2.45) is 0 Å². The van der Waals surface area contributed by atoms with E-state index in [2.05, 4.69) is 4.74 Å². The number of nitrogen functional groups attached to an aromatic ring is 1. The molecule has 0 saturated heterocycles. The van der Waals surface area contributed by atoms with Crippen LogP contribution in [0, 0.1) is 5.82 Å². The molecule has 3 nitrogen and oxygen atoms in total. The molecule has 0 aliphatic carbocycles. The number of rotatable bonds is 1. The molecule has 3 N–H and O–H groups in total. The van der Waals surface area contributed by atoms with E-state index in [-0.39, 0.29) is 17.2 Å². The number of ether oxygens (including phenoxy) is 1. The van der Waals surface area contributed by atoms with Gasteiger partial charge in [-0.3, -0.25) is 0 Å². The number of methoxy groups -OCH3 is 1. The van der Waals surface area contributed by atoms with Crippen molar-refractivity contribution in [1.82, 2.24) is 0 Å². The van der Waals surface area contributed by atoms with Crippen LogP contribution < -0.4 is 10.5 Å². The quantitative estimate of drug-likeness (QED) is 0.474. The van der Waals surface area contributed by atoms with Gasteiger partial charge in [-0.05, 0) is 0 Å². The lowest BCUT2D eigenvalue weighted by molar-refractivity contribution is 0.403. The van der Waals surface area contributed by atoms with E-state index in [1.807, 2.05) is 0 Å². The Morgan fingerprint density at radius 3 is 2.64 bits per heavy atom. The molecule has 0 amide bonds. The minimum absolute atomic E-state index is 0.245. The van der Waals surface area contributed by atoms with Crippen molar-refractivity contribution in [2.45, 2.75) is 0 Å². The largest absolute Gasteiger partial charge is 0.506 e. The highest BCUT2D eigenvalue weighted by atomic mass is 19.1. The first kappa shape index (κ1) is 7.65. The summed E-state index contributed by atoms with van der Waals surface area (Å²) in [5.74, 6) is -0.738. The Balaban J connectivity index is 3.21. The molecule has 0 unspecified atom stereocenters. The molecule has 0 bridgehead atoms. The van der Waals surface area contributed by atoms with Gasteiger partial charge in [-0.2, -0.15) is 0 Å². The summed E-state index contributed by atoms with van der Waals surface area (Å²) in [5, 5.41) is 8.97. The van der Waals surface area contributed by atoms with Gasteiger partial charge in [-0.15, -0.1) is 0 Å². The van der Waals surface area contributed by atoms with Crippen LogP contribution in [0.1, 0.15) is 0 Å². The summed E-state index contributed by atoms with van der Waals surface area (Å²) in [6.07, 6.45) is 0. The van der Waals surface area contributed by atoms with Gasteiger partial charge in [0.1, 0.15) is 17.2 Å². The Morgan fingerprint density at radius 2 is 2.18 bits per heavy atom. The zero-order valence-corrected chi connectivity index (χ0v) is 5.97. The fourth-order valence-corrected chi connectivity index (χ4v) is 0.697. The van der Waals surface area contributed by atoms with E-state index in [0.29, 0.717) is 0 Å². The molecule has 11 heavy (non-hydrogen) atoms. The molecule has 0 aliphatic heterocycles. The molecule has 60 valence electrons. The number of phenols is 1. The predicted octanol–water partition coefficient (Wildman–Crippen LogP) is 1.12. The zero-order valence-electron chi connectivity index (χ0n) is 5.97. The van der Waals surface area contributed by atoms with Crippen LogP contribution in [0.5, 0.6) is 11.5 Å². The first-order valence-electron chi connectivity index (χ1n) is 2.97. The number of hydrogen-bond acceptors (Lipinski definition) is 3. The molecule has 1 aromatic carbocycles. The average Bonchev–Trinajstić information content (AvgIpc) is 1.99. The Morgan fingerprint density at radius 1 is 1.55 bits per heavy atom. The van der Waals surface area contributed by atoms with Crippen molar-refractivity contribution in [2.75, 3.05) is 12.8 Å². The Kier molecular flexibility index (Phi) is 1.85. The van der Waals surface area contributed by atoms with E-state index < -0.39 is 5.82 Å². The molecule has 0 heterocycles. The summed E-state index contributed by atoms with van der Waals surface area (Å²) >= 11 is 0. The van der Waals surface area contributed by atoms with E-state index in [1.165, 1.54) is 13.2 Å². The topological polar surface area (TPSA) is 55.5 Å². The number of benzene rings is 1. The molecule has 0 fully saturated rings. The molecule has 0 aliphatic rings. The fraction of sp³-hybridized carbons (Fsp3) is 0.143. The number of hydrogen-bond donors (Lipinski definition) is 2. The lowest BCUT2D eigenvalue weighted by atomic mass is 10.2. The fourth-order valence-electron chi connectivity index (χ4n) is 0.697. The monoisotopic (exact) mass is 157 g/mol. The Hall–Kier alpha value is -1.45. The Labute approximate surface area is 63.2 Å². The summed E-state index contributed by atoms with van der Waals surface area (Å²) < 4.78 is 17.3. The molecule has 0 aromatic heterocycles. The molecule has 0 radical (unpaired) electrons. The van der Waals surface area contributed by atoms with Crippen molar-refractivity contribution < 1.29 is 14.2 Å². The molecule has 1 rings (SSSR count). The van der Waals surface area contributed by atoms with Crippen LogP contribution in [0.2, 0.25) is 0 Å². The highest BCUT2D eigenvalue weighted by molar-refractivity contribution is 5.55. The van der Waals surface area contributed by atoms with Gasteiger partial charge in [0.05, 0.1) is 7.11 Å². The minimum Gasteiger partial charge on any atom is -0.506 e. The standard InChI is InChI=1S/C7H8FNO2/c1-11-4-2-5(8)7(9)6(10)3-4/h2-3,10H,9H2,1H3. The van der Waals surface area contributed by atoms with Crippen molar-refractivity contribution >= 4 is 5.69 Å². The van der Waals surface area contributed by atoms with Crippen LogP contribution >= 0.6 is 0 Å². The van der Waals surface area contributed by atoms with E-state index in [1.54, 1.807) is 0 Å². The third-order valence-corrected chi connectivity index (χ3v) is 1.32. The summed E-state index contributed by atoms with van der Waals surface area (Å²) in [6, 6.07) is 2.35. The summed E-state index contributed by atoms with van der Waals surface area (Å²) in [4.78, 5) is 0. The van der Waals surface area contributed by atoms with Gasteiger partial charge in [-0.25, -0.2) is 4.39 Å². The summed E-state index contributed by atoms with van der Waals surface area (Å²) in [5.41, 5.74) is 4.87. The van der Waals surface area contributed by atoms with Gasteiger partial charge in [0, 0.05) is 12.1 Å². The minimum atomic E-state index is -0.679. The molecule has 1 aromatic rings. The summed E-state index contributed by atoms with van der Waals surface area (Å²) in [7, 11) is 1.38. The van der Waals surface area contributed by atoms with Gasteiger partial charge < -0.3 is 15.6 Å². The first-order valence-corrected chi connectivity index (χ1v) is 2.97. The van der Waals surface area contributed by atoms with Crippen LogP contribution in [-0.4, -0.2) is 12.2 Å². The third kappa shape index (κ3) is 1.34. The number of aromatic hydroxyl groups is 1. The van der Waals surface area contributed by atoms with Gasteiger partial charge in [0.25, 0.3) is 0 Å². The number of nitrogens with two attached hydrogens (primary N) is 1. The van der Waals surface area contributed by atoms with E-state index in [4.69, 9.17) is 10.8 Å². The summed E-state index contributed by atoms with van der Waals surface area (Å²) in [6.45, 7) is 0. The second-order valence-corrected chi connectivity index (χ2v) is 2.04. The Bertz CT molecular complexity index is 252. The molecular weight excluding hydrogens is 149 g/mol. The second-order valence-electron chi connectivity index (χ2n) is 2.04. The maximum atomic E-state index is 12.7. The highest BCUT2D eigenvalue weighted by Gasteiger charge is 2.05. The van der Waals surface area contributed by atoms with Crippen molar-refractivity contribution in [3.63, 3.8) is 0 Å². The van der Waals surface area contributed by atoms with Crippen LogP contribution in [0.25, 0.3) is 0 Å². The van der Waals surface area contributed by atoms with E-state index in [0.717, 1.165) is 6.07 Å². The van der Waals surface area contributed by atoms with Crippen LogP contribution in [0.15, 0.2) is 12.1 Å². The van der Waals surface area contributed by atoms with Gasteiger partial charge in [0.2, 0.25) is 0 Å². The lowest BCUT2D eigenvalue weighted by Crippen LogP contribution is -1.92. The number of phenolic OH excluding ortho intramolecular Hbond substituents is 1. The third-order valence-electron chi connectivity index (χ3n) is 1.32. The second kappa shape index (κ2) is 2.65. The zero-order chi connectivity index (χ0) is 8.43.